The quantitative estimate of drug-likeness (QED) is 0.916. The molecule has 2 heterocycles. The van der Waals surface area contributed by atoms with E-state index in [2.05, 4.69) is 15.6 Å². The lowest BCUT2D eigenvalue weighted by atomic mass is 10.0. The number of hydrogen-bond donors (Lipinski definition) is 2. The molecule has 1 aromatic heterocycles. The van der Waals surface area contributed by atoms with Crippen LogP contribution in [0.25, 0.3) is 5.69 Å². The van der Waals surface area contributed by atoms with E-state index in [-0.39, 0.29) is 11.9 Å². The minimum atomic E-state index is -0.131. The number of amides is 1. The molecule has 1 aliphatic heterocycles. The molecule has 0 bridgehead atoms. The number of hydrogen-bond acceptors (Lipinski definition) is 3. The SMILES string of the molecule is O=C(Nc1cccc(Cl)c1-n1ccnc1)[C@H]1CCCCN1. The van der Waals surface area contributed by atoms with Gasteiger partial charge in [0.25, 0.3) is 0 Å². The number of para-hydroxylation sites is 1. The minimum absolute atomic E-state index is 0.0154. The zero-order valence-corrected chi connectivity index (χ0v) is 12.3. The molecule has 21 heavy (non-hydrogen) atoms. The van der Waals surface area contributed by atoms with Gasteiger partial charge in [0.2, 0.25) is 5.91 Å². The van der Waals surface area contributed by atoms with Gasteiger partial charge in [0.15, 0.2) is 0 Å². The molecular formula is C15H17ClN4O. The number of nitrogens with one attached hydrogen (secondary N) is 2. The van der Waals surface area contributed by atoms with Gasteiger partial charge in [-0.2, -0.15) is 0 Å². The van der Waals surface area contributed by atoms with Gasteiger partial charge in [0.05, 0.1) is 28.8 Å². The van der Waals surface area contributed by atoms with Gasteiger partial charge in [-0.1, -0.05) is 24.1 Å². The Balaban J connectivity index is 1.85. The molecule has 110 valence electrons. The second kappa shape index (κ2) is 6.28. The average Bonchev–Trinajstić information content (AvgIpc) is 3.02. The van der Waals surface area contributed by atoms with Gasteiger partial charge >= 0.3 is 0 Å². The van der Waals surface area contributed by atoms with Gasteiger partial charge in [-0.05, 0) is 31.5 Å². The molecule has 3 rings (SSSR count). The van der Waals surface area contributed by atoms with Crippen LogP contribution in [0.4, 0.5) is 5.69 Å². The summed E-state index contributed by atoms with van der Waals surface area (Å²) in [4.78, 5) is 16.4. The van der Waals surface area contributed by atoms with Crippen molar-refractivity contribution in [2.45, 2.75) is 25.3 Å². The molecule has 0 unspecified atom stereocenters. The maximum absolute atomic E-state index is 12.4. The smallest absolute Gasteiger partial charge is 0.241 e. The molecule has 2 aromatic rings. The molecule has 1 saturated heterocycles. The van der Waals surface area contributed by atoms with Gasteiger partial charge in [-0.15, -0.1) is 0 Å². The van der Waals surface area contributed by atoms with Gasteiger partial charge in [-0.3, -0.25) is 4.79 Å². The van der Waals surface area contributed by atoms with Gasteiger partial charge in [0.1, 0.15) is 0 Å². The van der Waals surface area contributed by atoms with Gasteiger partial charge in [0, 0.05) is 12.4 Å². The van der Waals surface area contributed by atoms with E-state index in [1.54, 1.807) is 29.4 Å². The van der Waals surface area contributed by atoms with Crippen molar-refractivity contribution >= 4 is 23.2 Å². The first-order valence-corrected chi connectivity index (χ1v) is 7.44. The highest BCUT2D eigenvalue weighted by Gasteiger charge is 2.21. The Kier molecular flexibility index (Phi) is 4.22. The highest BCUT2D eigenvalue weighted by atomic mass is 35.5. The summed E-state index contributed by atoms with van der Waals surface area (Å²) >= 11 is 6.27. The Labute approximate surface area is 128 Å². The predicted octanol–water partition coefficient (Wildman–Crippen LogP) is 2.61. The van der Waals surface area contributed by atoms with Crippen LogP contribution in [-0.2, 0) is 4.79 Å². The number of benzene rings is 1. The molecule has 6 heteroatoms. The standard InChI is InChI=1S/C15H17ClN4O/c16-11-4-3-6-12(14(11)20-9-8-17-10-20)19-15(21)13-5-1-2-7-18-13/h3-4,6,8-10,13,18H,1-2,5,7H2,(H,19,21)/t13-/m1/s1. The summed E-state index contributed by atoms with van der Waals surface area (Å²) in [6.07, 6.45) is 8.21. The molecule has 1 aliphatic rings. The lowest BCUT2D eigenvalue weighted by Gasteiger charge is -2.23. The molecule has 5 nitrogen and oxygen atoms in total. The normalized spacial score (nSPS) is 18.4. The lowest BCUT2D eigenvalue weighted by molar-refractivity contribution is -0.118. The Morgan fingerprint density at radius 1 is 1.43 bits per heavy atom. The van der Waals surface area contributed by atoms with Crippen molar-refractivity contribution in [1.29, 1.82) is 0 Å². The summed E-state index contributed by atoms with van der Waals surface area (Å²) in [6.45, 7) is 0.891. The van der Waals surface area contributed by atoms with E-state index in [0.29, 0.717) is 10.7 Å². The largest absolute Gasteiger partial charge is 0.323 e. The highest BCUT2D eigenvalue weighted by molar-refractivity contribution is 6.33. The zero-order chi connectivity index (χ0) is 14.7. The summed E-state index contributed by atoms with van der Waals surface area (Å²) in [7, 11) is 0. The molecule has 1 aromatic carbocycles. The predicted molar refractivity (Wildman–Crippen MR) is 82.8 cm³/mol. The fraction of sp³-hybridized carbons (Fsp3) is 0.333. The van der Waals surface area contributed by atoms with Crippen LogP contribution < -0.4 is 10.6 Å². The van der Waals surface area contributed by atoms with Gasteiger partial charge in [-0.25, -0.2) is 4.98 Å². The third-order valence-electron chi connectivity index (χ3n) is 3.63. The molecule has 0 radical (unpaired) electrons. The Morgan fingerprint density at radius 2 is 2.33 bits per heavy atom. The first-order valence-electron chi connectivity index (χ1n) is 7.07. The van der Waals surface area contributed by atoms with E-state index in [9.17, 15) is 4.79 Å². The molecule has 0 aliphatic carbocycles. The Hall–Kier alpha value is -1.85. The van der Waals surface area contributed by atoms with E-state index < -0.39 is 0 Å². The van der Waals surface area contributed by atoms with Crippen molar-refractivity contribution in [2.75, 3.05) is 11.9 Å². The van der Waals surface area contributed by atoms with Crippen LogP contribution in [0, 0.1) is 0 Å². The number of rotatable bonds is 3. The van der Waals surface area contributed by atoms with Crippen molar-refractivity contribution < 1.29 is 4.79 Å². The van der Waals surface area contributed by atoms with Gasteiger partial charge < -0.3 is 15.2 Å². The van der Waals surface area contributed by atoms with Crippen LogP contribution in [0.15, 0.2) is 36.9 Å². The van der Waals surface area contributed by atoms with Crippen LogP contribution in [0.1, 0.15) is 19.3 Å². The number of carbonyl (C=O) groups is 1. The second-order valence-electron chi connectivity index (χ2n) is 5.10. The van der Waals surface area contributed by atoms with Crippen molar-refractivity contribution in [2.24, 2.45) is 0 Å². The number of carbonyl (C=O) groups excluding carboxylic acids is 1. The summed E-state index contributed by atoms with van der Waals surface area (Å²) < 4.78 is 1.80. The molecule has 0 saturated carbocycles. The third-order valence-corrected chi connectivity index (χ3v) is 3.94. The summed E-state index contributed by atoms with van der Waals surface area (Å²) in [5.74, 6) is -0.0154. The fourth-order valence-electron chi connectivity index (χ4n) is 2.57. The molecule has 1 amide bonds. The number of anilines is 1. The summed E-state index contributed by atoms with van der Waals surface area (Å²) in [5.41, 5.74) is 1.43. The monoisotopic (exact) mass is 304 g/mol. The molecule has 0 spiro atoms. The zero-order valence-electron chi connectivity index (χ0n) is 11.6. The number of aromatic nitrogens is 2. The van der Waals surface area contributed by atoms with Crippen molar-refractivity contribution in [3.8, 4) is 5.69 Å². The lowest BCUT2D eigenvalue weighted by Crippen LogP contribution is -2.43. The second-order valence-corrected chi connectivity index (χ2v) is 5.50. The number of piperidine rings is 1. The van der Waals surface area contributed by atoms with E-state index in [4.69, 9.17) is 11.6 Å². The van der Waals surface area contributed by atoms with E-state index in [1.807, 2.05) is 12.1 Å². The summed E-state index contributed by atoms with van der Waals surface area (Å²) in [6, 6.07) is 5.34. The molecule has 2 N–H and O–H groups in total. The molecule has 1 fully saturated rings. The van der Waals surface area contributed by atoms with Crippen LogP contribution >= 0.6 is 11.6 Å². The number of imidazole rings is 1. The van der Waals surface area contributed by atoms with E-state index in [0.717, 1.165) is 31.5 Å². The molecular weight excluding hydrogens is 288 g/mol. The molecule has 1 atom stereocenters. The van der Waals surface area contributed by atoms with Crippen molar-refractivity contribution in [3.05, 3.63) is 41.9 Å². The van der Waals surface area contributed by atoms with Crippen LogP contribution in [0.3, 0.4) is 0 Å². The maximum Gasteiger partial charge on any atom is 0.241 e. The van der Waals surface area contributed by atoms with E-state index in [1.165, 1.54) is 0 Å². The Morgan fingerprint density at radius 3 is 3.05 bits per heavy atom. The maximum atomic E-state index is 12.4. The highest BCUT2D eigenvalue weighted by Crippen LogP contribution is 2.28. The topological polar surface area (TPSA) is 59.0 Å². The van der Waals surface area contributed by atoms with Crippen LogP contribution in [-0.4, -0.2) is 28.0 Å². The summed E-state index contributed by atoms with van der Waals surface area (Å²) in [5, 5.41) is 6.79. The number of halogens is 1. The first-order chi connectivity index (χ1) is 10.3. The third kappa shape index (κ3) is 3.09. The fourth-order valence-corrected chi connectivity index (χ4v) is 2.84. The van der Waals surface area contributed by atoms with Crippen LogP contribution in [0.5, 0.6) is 0 Å². The number of nitrogens with zero attached hydrogens (tertiary/aromatic N) is 2. The van der Waals surface area contributed by atoms with Crippen LogP contribution in [0.2, 0.25) is 5.02 Å². The van der Waals surface area contributed by atoms with Crippen molar-refractivity contribution in [3.63, 3.8) is 0 Å². The average molecular weight is 305 g/mol. The van der Waals surface area contributed by atoms with E-state index >= 15 is 0 Å². The first kappa shape index (κ1) is 14.1. The Bertz CT molecular complexity index is 621. The van der Waals surface area contributed by atoms with Crippen molar-refractivity contribution in [1.82, 2.24) is 14.9 Å². The minimum Gasteiger partial charge on any atom is -0.323 e.